The number of hydrogen-bond acceptors (Lipinski definition) is 5. The minimum Gasteiger partial charge on any atom is -0.494 e. The van der Waals surface area contributed by atoms with Crippen LogP contribution in [0.3, 0.4) is 0 Å². The van der Waals surface area contributed by atoms with E-state index in [1.165, 1.54) is 31.4 Å². The Balaban J connectivity index is 2.52. The fraction of sp³-hybridized carbons (Fsp3) is 0.188. The van der Waals surface area contributed by atoms with Crippen molar-refractivity contribution in [3.63, 3.8) is 0 Å². The number of esters is 1. The lowest BCUT2D eigenvalue weighted by Crippen LogP contribution is -2.36. The zero-order valence-electron chi connectivity index (χ0n) is 13.4. The molecule has 0 saturated heterocycles. The molecule has 0 bridgehead atoms. The molecule has 0 aromatic heterocycles. The number of rotatable bonds is 6. The summed E-state index contributed by atoms with van der Waals surface area (Å²) in [4.78, 5) is 11.4. The molecule has 0 heterocycles. The standard InChI is InChI=1S/C16H15BrFNO5S/c1-23-15-8-7-13(9-14(15)18)25(21,22)19(10-16(20)24-2)12-5-3-11(17)4-6-12/h3-9H,10H2,1-2H3. The predicted molar refractivity (Wildman–Crippen MR) is 93.6 cm³/mol. The maximum Gasteiger partial charge on any atom is 0.326 e. The van der Waals surface area contributed by atoms with E-state index in [1.807, 2.05) is 0 Å². The molecule has 0 aliphatic carbocycles. The topological polar surface area (TPSA) is 72.9 Å². The summed E-state index contributed by atoms with van der Waals surface area (Å²) in [6.07, 6.45) is 0. The molecule has 2 rings (SSSR count). The van der Waals surface area contributed by atoms with Gasteiger partial charge in [0.15, 0.2) is 11.6 Å². The van der Waals surface area contributed by atoms with E-state index in [-0.39, 0.29) is 16.3 Å². The molecular weight excluding hydrogens is 417 g/mol. The van der Waals surface area contributed by atoms with Gasteiger partial charge < -0.3 is 9.47 Å². The average molecular weight is 432 g/mol. The molecule has 0 radical (unpaired) electrons. The highest BCUT2D eigenvalue weighted by Crippen LogP contribution is 2.27. The first-order chi connectivity index (χ1) is 11.8. The van der Waals surface area contributed by atoms with Crippen LogP contribution in [0.1, 0.15) is 0 Å². The fourth-order valence-electron chi connectivity index (χ4n) is 2.04. The van der Waals surface area contributed by atoms with E-state index in [0.29, 0.717) is 0 Å². The van der Waals surface area contributed by atoms with Gasteiger partial charge in [0.1, 0.15) is 6.54 Å². The van der Waals surface area contributed by atoms with Crippen molar-refractivity contribution in [2.24, 2.45) is 0 Å². The molecule has 0 fully saturated rings. The molecule has 25 heavy (non-hydrogen) atoms. The number of methoxy groups -OCH3 is 2. The molecular formula is C16H15BrFNO5S. The Hall–Kier alpha value is -2.13. The van der Waals surface area contributed by atoms with Crippen LogP contribution >= 0.6 is 15.9 Å². The normalized spacial score (nSPS) is 11.0. The van der Waals surface area contributed by atoms with Gasteiger partial charge >= 0.3 is 5.97 Å². The fourth-order valence-corrected chi connectivity index (χ4v) is 3.72. The molecule has 0 N–H and O–H groups in total. The first-order valence-electron chi connectivity index (χ1n) is 6.98. The van der Waals surface area contributed by atoms with Crippen LogP contribution in [0.15, 0.2) is 51.8 Å². The van der Waals surface area contributed by atoms with Crippen molar-refractivity contribution in [1.29, 1.82) is 0 Å². The Bertz CT molecular complexity index is 871. The number of sulfonamides is 1. The zero-order valence-corrected chi connectivity index (χ0v) is 15.8. The number of halogens is 2. The lowest BCUT2D eigenvalue weighted by atomic mass is 10.3. The van der Waals surface area contributed by atoms with Gasteiger partial charge in [0.05, 0.1) is 24.8 Å². The third kappa shape index (κ3) is 4.29. The average Bonchev–Trinajstić information content (AvgIpc) is 2.60. The first-order valence-corrected chi connectivity index (χ1v) is 9.21. The summed E-state index contributed by atoms with van der Waals surface area (Å²) in [5, 5.41) is 0. The SMILES string of the molecule is COC(=O)CN(c1ccc(Br)cc1)S(=O)(=O)c1ccc(OC)c(F)c1. The Morgan fingerprint density at radius 3 is 2.32 bits per heavy atom. The number of benzene rings is 2. The summed E-state index contributed by atoms with van der Waals surface area (Å²) in [6.45, 7) is -0.548. The second-order valence-electron chi connectivity index (χ2n) is 4.86. The molecule has 2 aromatic rings. The van der Waals surface area contributed by atoms with Gasteiger partial charge in [0, 0.05) is 4.47 Å². The maximum absolute atomic E-state index is 13.9. The van der Waals surface area contributed by atoms with Crippen molar-refractivity contribution in [1.82, 2.24) is 0 Å². The van der Waals surface area contributed by atoms with Gasteiger partial charge in [-0.2, -0.15) is 0 Å². The van der Waals surface area contributed by atoms with E-state index in [1.54, 1.807) is 12.1 Å². The summed E-state index contributed by atoms with van der Waals surface area (Å²) in [5.41, 5.74) is 0.241. The quantitative estimate of drug-likeness (QED) is 0.657. The van der Waals surface area contributed by atoms with Gasteiger partial charge in [-0.1, -0.05) is 15.9 Å². The largest absolute Gasteiger partial charge is 0.494 e. The van der Waals surface area contributed by atoms with Gasteiger partial charge in [-0.25, -0.2) is 12.8 Å². The number of anilines is 1. The molecule has 0 unspecified atom stereocenters. The second-order valence-corrected chi connectivity index (χ2v) is 7.64. The summed E-state index contributed by atoms with van der Waals surface area (Å²) in [7, 11) is -1.77. The van der Waals surface area contributed by atoms with Gasteiger partial charge in [0.25, 0.3) is 10.0 Å². The summed E-state index contributed by atoms with van der Waals surface area (Å²) < 4.78 is 50.7. The van der Waals surface area contributed by atoms with Crippen LogP contribution in [0, 0.1) is 5.82 Å². The number of carbonyl (C=O) groups is 1. The zero-order chi connectivity index (χ0) is 18.6. The van der Waals surface area contributed by atoms with Crippen molar-refractivity contribution < 1.29 is 27.1 Å². The predicted octanol–water partition coefficient (Wildman–Crippen LogP) is 2.97. The van der Waals surface area contributed by atoms with Crippen molar-refractivity contribution >= 4 is 37.6 Å². The van der Waals surface area contributed by atoms with Crippen LogP contribution in [-0.4, -0.2) is 35.2 Å². The lowest BCUT2D eigenvalue weighted by molar-refractivity contribution is -0.138. The van der Waals surface area contributed by atoms with Gasteiger partial charge in [-0.3, -0.25) is 9.10 Å². The van der Waals surface area contributed by atoms with Crippen LogP contribution in [0.5, 0.6) is 5.75 Å². The van der Waals surface area contributed by atoms with Crippen LogP contribution in [0.25, 0.3) is 0 Å². The molecule has 0 aliphatic rings. The highest BCUT2D eigenvalue weighted by atomic mass is 79.9. The first kappa shape index (κ1) is 19.2. The highest BCUT2D eigenvalue weighted by molar-refractivity contribution is 9.10. The molecule has 0 spiro atoms. The molecule has 0 amide bonds. The smallest absolute Gasteiger partial charge is 0.326 e. The summed E-state index contributed by atoms with van der Waals surface area (Å²) in [5.74, 6) is -1.65. The Labute approximate surface area is 153 Å². The highest BCUT2D eigenvalue weighted by Gasteiger charge is 2.28. The van der Waals surface area contributed by atoms with Crippen molar-refractivity contribution in [3.05, 3.63) is 52.8 Å². The van der Waals surface area contributed by atoms with Crippen molar-refractivity contribution in [2.45, 2.75) is 4.90 Å². The van der Waals surface area contributed by atoms with Crippen molar-refractivity contribution in [2.75, 3.05) is 25.1 Å². The van der Waals surface area contributed by atoms with Crippen molar-refractivity contribution in [3.8, 4) is 5.75 Å². The van der Waals surface area contributed by atoms with E-state index in [4.69, 9.17) is 4.74 Å². The van der Waals surface area contributed by atoms with E-state index in [2.05, 4.69) is 20.7 Å². The van der Waals surface area contributed by atoms with Crippen LogP contribution in [-0.2, 0) is 19.6 Å². The third-order valence-corrected chi connectivity index (χ3v) is 5.62. The number of nitrogens with zero attached hydrogens (tertiary/aromatic N) is 1. The Morgan fingerprint density at radius 2 is 1.80 bits per heavy atom. The van der Waals surface area contributed by atoms with Crippen LogP contribution in [0.2, 0.25) is 0 Å². The van der Waals surface area contributed by atoms with E-state index >= 15 is 0 Å². The lowest BCUT2D eigenvalue weighted by Gasteiger charge is -2.23. The van der Waals surface area contributed by atoms with Crippen LogP contribution in [0.4, 0.5) is 10.1 Å². The minimum absolute atomic E-state index is 0.0814. The Kier molecular flexibility index (Phi) is 6.02. The number of ether oxygens (including phenoxy) is 2. The summed E-state index contributed by atoms with van der Waals surface area (Å²) >= 11 is 3.26. The monoisotopic (exact) mass is 431 g/mol. The molecule has 0 aliphatic heterocycles. The Morgan fingerprint density at radius 1 is 1.16 bits per heavy atom. The van der Waals surface area contributed by atoms with Gasteiger partial charge in [-0.05, 0) is 42.5 Å². The molecule has 9 heteroatoms. The van der Waals surface area contributed by atoms with E-state index in [0.717, 1.165) is 22.0 Å². The molecule has 6 nitrogen and oxygen atoms in total. The van der Waals surface area contributed by atoms with Gasteiger partial charge in [0.2, 0.25) is 0 Å². The molecule has 0 saturated carbocycles. The third-order valence-electron chi connectivity index (χ3n) is 3.33. The molecule has 2 aromatic carbocycles. The van der Waals surface area contributed by atoms with E-state index < -0.39 is 28.4 Å². The van der Waals surface area contributed by atoms with Crippen LogP contribution < -0.4 is 9.04 Å². The van der Waals surface area contributed by atoms with E-state index in [9.17, 15) is 17.6 Å². The second kappa shape index (κ2) is 7.83. The summed E-state index contributed by atoms with van der Waals surface area (Å²) in [6, 6.07) is 9.56. The number of hydrogen-bond donors (Lipinski definition) is 0. The van der Waals surface area contributed by atoms with Gasteiger partial charge in [-0.15, -0.1) is 0 Å². The minimum atomic E-state index is -4.20. The number of carbonyl (C=O) groups excluding carboxylic acids is 1. The molecule has 134 valence electrons. The maximum atomic E-state index is 13.9. The molecule has 0 atom stereocenters.